The van der Waals surface area contributed by atoms with E-state index in [9.17, 15) is 145 Å². The van der Waals surface area contributed by atoms with Gasteiger partial charge in [-0.25, -0.2) is 4.79 Å². The smallest absolute Gasteiger partial charge is 0.328 e. The van der Waals surface area contributed by atoms with Crippen molar-refractivity contribution in [2.24, 2.45) is 57.9 Å². The van der Waals surface area contributed by atoms with Crippen molar-refractivity contribution >= 4 is 165 Å². The van der Waals surface area contributed by atoms with Gasteiger partial charge in [0.15, 0.2) is 6.04 Å². The number of nitrogens with two attached hydrogens (primary N) is 7. The summed E-state index contributed by atoms with van der Waals surface area (Å²) < 4.78 is 0. The van der Waals surface area contributed by atoms with E-state index in [1.165, 1.54) is 27.0 Å². The van der Waals surface area contributed by atoms with Crippen LogP contribution >= 0.6 is 0 Å². The van der Waals surface area contributed by atoms with Crippen molar-refractivity contribution in [1.82, 2.24) is 106 Å². The molecular formula is C86H135N27O30. The number of para-hydroxylation sites is 1. The predicted molar refractivity (Wildman–Crippen MR) is 499 cm³/mol. The minimum atomic E-state index is -1.98. The molecule has 1 aromatic heterocycles. The van der Waals surface area contributed by atoms with E-state index in [1.54, 1.807) is 52.0 Å². The molecule has 1 saturated heterocycles. The first-order valence-electron chi connectivity index (χ1n) is 45.9. The molecule has 0 unspecified atom stereocenters. The van der Waals surface area contributed by atoms with Crippen LogP contribution in [0.1, 0.15) is 164 Å². The summed E-state index contributed by atoms with van der Waals surface area (Å²) in [5.74, 6) is -31.3. The van der Waals surface area contributed by atoms with Crippen molar-refractivity contribution in [3.05, 3.63) is 36.0 Å². The fourth-order valence-electron chi connectivity index (χ4n) is 14.2. The minimum absolute atomic E-state index is 0.0480. The highest BCUT2D eigenvalue weighted by Gasteiger charge is 2.44. The lowest BCUT2D eigenvalue weighted by molar-refractivity contribution is -0.144. The molecule has 37 N–H and O–H groups in total. The number of carbonyl (C=O) groups excluding carboxylic acids is 24. The number of aliphatic hydroxyl groups is 2. The van der Waals surface area contributed by atoms with Gasteiger partial charge in [-0.1, -0.05) is 72.6 Å². The number of hydrogen-bond donors (Lipinski definition) is 30. The molecule has 57 heteroatoms. The number of nitrogens with one attached hydrogen (secondary N) is 19. The first-order chi connectivity index (χ1) is 67.1. The van der Waals surface area contributed by atoms with Gasteiger partial charge in [-0.2, -0.15) is 0 Å². The number of amides is 24. The molecular weight excluding hydrogens is 1890 g/mol. The first-order valence-corrected chi connectivity index (χ1v) is 45.9. The Morgan fingerprint density at radius 1 is 0.427 bits per heavy atom. The Balaban J connectivity index is 1.85. The zero-order chi connectivity index (χ0) is 108. The van der Waals surface area contributed by atoms with Crippen LogP contribution in [0, 0.1) is 17.8 Å². The summed E-state index contributed by atoms with van der Waals surface area (Å²) in [7, 11) is 0. The standard InChI is InChI=1S/C86H135N27O30/c1-9-40(5)69(83(139)99-37-66(124)103-53(29-60(91)118)81(137)112-70(41(6)10-2)84(140)108-55(31-62(93)120)85(141)113-25-15-19-57(113)82(138)107-54(30-61(92)119)79(135)106-52(28-59(90)117)75(131)96-33-63(121)95-34-67(125)110-71(43(8)115)86(142)143)111-80(136)51(27-44-32-94-47-17-12-11-16-45(44)47)105-77(133)49(21-23-68(126)127)104-78(134)50(26-39(3)4)102-65(123)36-97-74(130)48(18-13-14-24-87)101-64(122)35-98-76(132)56(38-114)109-72(128)42(7)100-73(129)46(88)20-22-58(89)116/h11-12,16-17,32,39-43,46,48-57,69-71,94,114-115H,9-10,13-15,18-31,33-38,87-88H2,1-8H3,(H2,89,116)(H2,90,117)(H2,91,118)(H2,92,119)(H2,93,120)(H,95,121)(H,96,131)(H,97,130)(H,98,132)(H,99,139)(H,100,129)(H,101,122)(H,102,123)(H,103,124)(H,104,134)(H,105,133)(H,106,135)(H,107,138)(H,108,140)(H,109,128)(H,110,125)(H,111,136)(H,112,137)(H,126,127)(H,142,143)/t40-,41-,42-,43+,46-,48-,49-,50-,51-,52-,53-,54-,55-,56-,57-,69-,70-,71-/m0/s1. The molecule has 3 rings (SSSR count). The van der Waals surface area contributed by atoms with Crippen molar-refractivity contribution < 1.29 is 145 Å². The van der Waals surface area contributed by atoms with E-state index in [0.29, 0.717) is 22.9 Å². The summed E-state index contributed by atoms with van der Waals surface area (Å²) in [5.41, 5.74) is 39.4. The number of unbranched alkanes of at least 4 members (excludes halogenated alkanes) is 1. The van der Waals surface area contributed by atoms with Crippen LogP contribution in [0.25, 0.3) is 10.9 Å². The van der Waals surface area contributed by atoms with Crippen LogP contribution in [-0.4, -0.2) is 333 Å². The molecule has 24 amide bonds. The molecule has 1 fully saturated rings. The number of carboxylic acid groups (broad SMARTS) is 2. The number of rotatable bonds is 66. The number of hydrogen-bond acceptors (Lipinski definition) is 30. The zero-order valence-electron chi connectivity index (χ0n) is 80.4. The lowest BCUT2D eigenvalue weighted by Crippen LogP contribution is -2.61. The molecule has 0 bridgehead atoms. The number of H-pyrrole nitrogens is 1. The number of carboxylic acids is 2. The summed E-state index contributed by atoms with van der Waals surface area (Å²) in [6.45, 7) is 6.28. The molecule has 794 valence electrons. The number of aliphatic carboxylic acids is 2. The molecule has 57 nitrogen and oxygen atoms in total. The fourth-order valence-corrected chi connectivity index (χ4v) is 14.2. The van der Waals surface area contributed by atoms with Crippen LogP contribution in [0.5, 0.6) is 0 Å². The molecule has 0 saturated carbocycles. The van der Waals surface area contributed by atoms with E-state index < -0.39 is 346 Å². The maximum Gasteiger partial charge on any atom is 0.328 e. The highest BCUT2D eigenvalue weighted by Crippen LogP contribution is 2.23. The first kappa shape index (κ1) is 122. The molecule has 2 aromatic rings. The third kappa shape index (κ3) is 43.6. The van der Waals surface area contributed by atoms with Crippen LogP contribution < -0.4 is 136 Å². The number of benzene rings is 1. The topological polar surface area (TPSA) is 942 Å². The summed E-state index contributed by atoms with van der Waals surface area (Å²) in [5, 5.41) is 80.7. The van der Waals surface area contributed by atoms with Crippen molar-refractivity contribution in [1.29, 1.82) is 0 Å². The van der Waals surface area contributed by atoms with E-state index in [2.05, 4.69) is 95.4 Å². The summed E-state index contributed by atoms with van der Waals surface area (Å²) in [6, 6.07) is -18.2. The maximum atomic E-state index is 15.0. The second-order valence-electron chi connectivity index (χ2n) is 34.5. The number of carbonyl (C=O) groups is 26. The second-order valence-corrected chi connectivity index (χ2v) is 34.5. The van der Waals surface area contributed by atoms with Gasteiger partial charge in [-0.05, 0) is 101 Å². The van der Waals surface area contributed by atoms with E-state index in [1.807, 2.05) is 5.32 Å². The molecule has 143 heavy (non-hydrogen) atoms. The summed E-state index contributed by atoms with van der Waals surface area (Å²) >= 11 is 0. The van der Waals surface area contributed by atoms with E-state index in [4.69, 9.17) is 40.1 Å². The number of aromatic nitrogens is 1. The average molecular weight is 2030 g/mol. The summed E-state index contributed by atoms with van der Waals surface area (Å²) in [6.07, 6.45) is -5.52. The molecule has 0 spiro atoms. The zero-order valence-corrected chi connectivity index (χ0v) is 80.4. The van der Waals surface area contributed by atoms with Crippen LogP contribution in [0.2, 0.25) is 0 Å². The Morgan fingerprint density at radius 2 is 0.860 bits per heavy atom. The maximum absolute atomic E-state index is 15.0. The highest BCUT2D eigenvalue weighted by molar-refractivity contribution is 6.04. The van der Waals surface area contributed by atoms with E-state index >= 15 is 0 Å². The molecule has 1 aliphatic rings. The van der Waals surface area contributed by atoms with Crippen LogP contribution in [0.4, 0.5) is 0 Å². The number of likely N-dealkylation sites (tertiary alicyclic amines) is 1. The number of aliphatic hydroxyl groups excluding tert-OH is 2. The third-order valence-corrected chi connectivity index (χ3v) is 22.4. The van der Waals surface area contributed by atoms with Gasteiger partial charge in [0.25, 0.3) is 0 Å². The van der Waals surface area contributed by atoms with Gasteiger partial charge >= 0.3 is 11.9 Å². The quantitative estimate of drug-likeness (QED) is 0.0274. The number of aromatic amines is 1. The van der Waals surface area contributed by atoms with Gasteiger partial charge in [0.2, 0.25) is 142 Å². The van der Waals surface area contributed by atoms with Crippen molar-refractivity contribution in [2.75, 3.05) is 52.4 Å². The molecule has 0 radical (unpaired) electrons. The third-order valence-electron chi connectivity index (χ3n) is 22.4. The Bertz CT molecular complexity index is 4900. The SMILES string of the molecule is CC[C@H](C)[C@H](NC(=O)[C@H](Cc1c[nH]c2ccccc12)NC(=O)[C@H](CCC(=O)O)NC(=O)[C@H](CC(C)C)NC(=O)CNC(=O)[C@H](CCCCN)NC(=O)CNC(=O)[C@H](CO)NC(=O)[C@H](C)NC(=O)[C@@H](N)CCC(N)=O)C(=O)NCC(=O)N[C@@H](CC(N)=O)C(=O)N[C@H](C(=O)N[C@@H](CC(N)=O)C(=O)N1CCC[C@H]1C(=O)N[C@@H](CC(N)=O)C(=O)N[C@@H](CC(N)=O)C(=O)NCC(=O)NCC(=O)N[C@H](C(=O)O)[C@@H](C)O)[C@@H](C)CC. The number of nitrogens with zero attached hydrogens (tertiary/aromatic N) is 1. The van der Waals surface area contributed by atoms with Crippen molar-refractivity contribution in [3.8, 4) is 0 Å². The molecule has 18 atom stereocenters. The highest BCUT2D eigenvalue weighted by atomic mass is 16.4. The van der Waals surface area contributed by atoms with Gasteiger partial charge in [-0.15, -0.1) is 0 Å². The van der Waals surface area contributed by atoms with Crippen molar-refractivity contribution in [2.45, 2.75) is 261 Å². The van der Waals surface area contributed by atoms with Crippen molar-refractivity contribution in [3.63, 3.8) is 0 Å². The average Bonchev–Trinajstić information content (AvgIpc) is 1.69. The number of fused-ring (bicyclic) bond motifs is 1. The van der Waals surface area contributed by atoms with Gasteiger partial charge < -0.3 is 166 Å². The Kier molecular flexibility index (Phi) is 52.4. The van der Waals surface area contributed by atoms with Gasteiger partial charge in [-0.3, -0.25) is 120 Å². The molecule has 0 aliphatic carbocycles. The van der Waals surface area contributed by atoms with Crippen LogP contribution in [0.3, 0.4) is 0 Å². The largest absolute Gasteiger partial charge is 0.481 e. The lowest BCUT2D eigenvalue weighted by Gasteiger charge is -2.31. The van der Waals surface area contributed by atoms with Crippen LogP contribution in [0.15, 0.2) is 30.5 Å². The van der Waals surface area contributed by atoms with E-state index in [0.717, 1.165) is 11.8 Å². The van der Waals surface area contributed by atoms with E-state index in [-0.39, 0.29) is 77.3 Å². The molecule has 1 aliphatic heterocycles. The number of primary amides is 5. The normalized spacial score (nSPS) is 15.7. The van der Waals surface area contributed by atoms with Crippen LogP contribution in [-0.2, 0) is 131 Å². The molecule has 1 aromatic carbocycles. The summed E-state index contributed by atoms with van der Waals surface area (Å²) in [4.78, 5) is 349. The van der Waals surface area contributed by atoms with Gasteiger partial charge in [0, 0.05) is 42.9 Å². The Hall–Kier alpha value is -15.2. The second kappa shape index (κ2) is 61.4. The minimum Gasteiger partial charge on any atom is -0.481 e. The Labute approximate surface area is 819 Å². The molecule has 2 heterocycles. The van der Waals surface area contributed by atoms with Gasteiger partial charge in [0.05, 0.1) is 77.2 Å². The lowest BCUT2D eigenvalue weighted by atomic mass is 9.96. The Morgan fingerprint density at radius 3 is 1.38 bits per heavy atom. The fraction of sp³-hybridized carbons (Fsp3) is 0.605. The predicted octanol–water partition coefficient (Wildman–Crippen LogP) is -13.7. The van der Waals surface area contributed by atoms with Gasteiger partial charge in [0.1, 0.15) is 78.5 Å². The monoisotopic (exact) mass is 2030 g/mol.